The molecule has 3 aromatic rings. The molecule has 0 bridgehead atoms. The second-order valence-electron chi connectivity index (χ2n) is 7.64. The Morgan fingerprint density at radius 2 is 1.96 bits per heavy atom. The van der Waals surface area contributed by atoms with E-state index in [0.29, 0.717) is 5.92 Å². The molecule has 0 aromatic carbocycles. The zero-order valence-corrected chi connectivity index (χ0v) is 15.1. The van der Waals surface area contributed by atoms with Gasteiger partial charge >= 0.3 is 6.03 Å². The molecule has 2 aliphatic heterocycles. The third-order valence-corrected chi connectivity index (χ3v) is 6.02. The number of amides is 2. The lowest BCUT2D eigenvalue weighted by atomic mass is 9.86. The largest absolute Gasteiger partial charge is 0.345 e. The van der Waals surface area contributed by atoms with Gasteiger partial charge in [-0.05, 0) is 31.2 Å². The highest BCUT2D eigenvalue weighted by atomic mass is 16.2. The molecule has 7 nitrogen and oxygen atoms in total. The predicted molar refractivity (Wildman–Crippen MR) is 99.1 cm³/mol. The Hall–Kier alpha value is -2.57. The van der Waals surface area contributed by atoms with Crippen LogP contribution in [0.2, 0.25) is 0 Å². The molecule has 2 saturated heterocycles. The minimum absolute atomic E-state index is 0.203. The summed E-state index contributed by atoms with van der Waals surface area (Å²) in [5.74, 6) is 1.77. The normalized spacial score (nSPS) is 24.0. The first-order chi connectivity index (χ1) is 12.7. The number of carbonyl (C=O) groups is 1. The molecule has 2 aliphatic rings. The third kappa shape index (κ3) is 2.37. The van der Waals surface area contributed by atoms with Gasteiger partial charge < -0.3 is 14.8 Å². The average Bonchev–Trinajstić information content (AvgIpc) is 3.40. The topological polar surface area (TPSA) is 69.5 Å². The lowest BCUT2D eigenvalue weighted by molar-refractivity contribution is 0.132. The third-order valence-electron chi connectivity index (χ3n) is 6.02. The van der Waals surface area contributed by atoms with Crippen molar-refractivity contribution in [1.29, 1.82) is 0 Å². The maximum Gasteiger partial charge on any atom is 0.320 e. The Bertz CT molecular complexity index is 953. The van der Waals surface area contributed by atoms with Crippen LogP contribution < -0.4 is 0 Å². The lowest BCUT2D eigenvalue weighted by Gasteiger charge is -2.38. The van der Waals surface area contributed by atoms with E-state index in [0.717, 1.165) is 67.9 Å². The molecule has 1 N–H and O–H groups in total. The van der Waals surface area contributed by atoms with Gasteiger partial charge in [-0.2, -0.15) is 0 Å². The standard InChI is InChI=1S/C19H24N6O/c1-13-5-9-24(19(26)23-7-2-3-8-23)12-15(13)18-22-11-14-10-21-17-16(25(14)18)4-6-20-17/h4,6,10-11,13,15,20H,2-3,5,7-9,12H2,1H3/t13-,15+/m0/s1. The van der Waals surface area contributed by atoms with Gasteiger partial charge in [0.2, 0.25) is 0 Å². The van der Waals surface area contributed by atoms with E-state index in [1.54, 1.807) is 0 Å². The molecule has 0 spiro atoms. The number of rotatable bonds is 1. The van der Waals surface area contributed by atoms with Crippen LogP contribution in [0.3, 0.4) is 0 Å². The first kappa shape index (κ1) is 15.7. The van der Waals surface area contributed by atoms with Crippen LogP contribution in [0.4, 0.5) is 4.79 Å². The van der Waals surface area contributed by atoms with Crippen molar-refractivity contribution < 1.29 is 4.79 Å². The molecule has 5 heterocycles. The fourth-order valence-electron chi connectivity index (χ4n) is 4.45. The molecule has 3 aromatic heterocycles. The number of urea groups is 1. The van der Waals surface area contributed by atoms with Crippen LogP contribution in [-0.4, -0.2) is 61.4 Å². The Balaban J connectivity index is 1.51. The van der Waals surface area contributed by atoms with E-state index in [-0.39, 0.29) is 11.9 Å². The molecule has 0 radical (unpaired) electrons. The summed E-state index contributed by atoms with van der Waals surface area (Å²) in [6.07, 6.45) is 8.93. The van der Waals surface area contributed by atoms with E-state index >= 15 is 0 Å². The van der Waals surface area contributed by atoms with Gasteiger partial charge in [0.1, 0.15) is 5.82 Å². The second kappa shape index (κ2) is 6.00. The molecule has 2 atom stereocenters. The van der Waals surface area contributed by atoms with E-state index < -0.39 is 0 Å². The Morgan fingerprint density at radius 3 is 2.81 bits per heavy atom. The SMILES string of the molecule is C[C@H]1CCN(C(=O)N2CCCC2)C[C@H]1c1ncc2cnc3[nH]ccc3n12. The molecule has 2 fully saturated rings. The number of nitrogens with one attached hydrogen (secondary N) is 1. The number of H-pyrrole nitrogens is 1. The van der Waals surface area contributed by atoms with Crippen LogP contribution in [0.15, 0.2) is 24.7 Å². The van der Waals surface area contributed by atoms with Crippen LogP contribution in [-0.2, 0) is 0 Å². The van der Waals surface area contributed by atoms with E-state index in [2.05, 4.69) is 21.3 Å². The zero-order valence-electron chi connectivity index (χ0n) is 15.1. The van der Waals surface area contributed by atoms with Gasteiger partial charge in [-0.15, -0.1) is 0 Å². The Morgan fingerprint density at radius 1 is 1.15 bits per heavy atom. The summed E-state index contributed by atoms with van der Waals surface area (Å²) in [7, 11) is 0. The minimum atomic E-state index is 0.203. The monoisotopic (exact) mass is 352 g/mol. The number of aromatic amines is 1. The lowest BCUT2D eigenvalue weighted by Crippen LogP contribution is -2.48. The molecule has 0 saturated carbocycles. The molecule has 7 heteroatoms. The molecule has 0 unspecified atom stereocenters. The number of hydrogen-bond donors (Lipinski definition) is 1. The highest BCUT2D eigenvalue weighted by Gasteiger charge is 2.34. The summed E-state index contributed by atoms with van der Waals surface area (Å²) in [4.78, 5) is 29.3. The number of imidazole rings is 1. The molecular weight excluding hydrogens is 328 g/mol. The number of hydrogen-bond acceptors (Lipinski definition) is 3. The predicted octanol–water partition coefficient (Wildman–Crippen LogP) is 2.85. The summed E-state index contributed by atoms with van der Waals surface area (Å²) >= 11 is 0. The van der Waals surface area contributed by atoms with Crippen LogP contribution in [0.5, 0.6) is 0 Å². The molecule has 0 aliphatic carbocycles. The van der Waals surface area contributed by atoms with Crippen molar-refractivity contribution in [2.45, 2.75) is 32.1 Å². The molecular formula is C19H24N6O. The highest BCUT2D eigenvalue weighted by Crippen LogP contribution is 2.33. The van der Waals surface area contributed by atoms with E-state index in [4.69, 9.17) is 4.98 Å². The number of nitrogens with zero attached hydrogens (tertiary/aromatic N) is 5. The van der Waals surface area contributed by atoms with Gasteiger partial charge in [-0.25, -0.2) is 14.8 Å². The van der Waals surface area contributed by atoms with Crippen molar-refractivity contribution in [3.05, 3.63) is 30.5 Å². The molecule has 26 heavy (non-hydrogen) atoms. The number of carbonyl (C=O) groups excluding carboxylic acids is 1. The van der Waals surface area contributed by atoms with Gasteiger partial charge in [-0.3, -0.25) is 4.40 Å². The maximum atomic E-state index is 12.9. The van der Waals surface area contributed by atoms with Crippen LogP contribution in [0.25, 0.3) is 16.7 Å². The second-order valence-corrected chi connectivity index (χ2v) is 7.64. The molecule has 2 amide bonds. The van der Waals surface area contributed by atoms with E-state index in [9.17, 15) is 4.79 Å². The number of piperidine rings is 1. The first-order valence-electron chi connectivity index (χ1n) is 9.55. The highest BCUT2D eigenvalue weighted by molar-refractivity contribution is 5.76. The van der Waals surface area contributed by atoms with Crippen LogP contribution >= 0.6 is 0 Å². The first-order valence-corrected chi connectivity index (χ1v) is 9.55. The van der Waals surface area contributed by atoms with Crippen LogP contribution in [0, 0.1) is 5.92 Å². The van der Waals surface area contributed by atoms with E-state index in [1.807, 2.05) is 34.5 Å². The van der Waals surface area contributed by atoms with Gasteiger partial charge in [-0.1, -0.05) is 6.92 Å². The van der Waals surface area contributed by atoms with Gasteiger partial charge in [0.15, 0.2) is 5.65 Å². The summed E-state index contributed by atoms with van der Waals surface area (Å²) in [6, 6.07) is 2.25. The maximum absolute atomic E-state index is 12.9. The van der Waals surface area contributed by atoms with Gasteiger partial charge in [0, 0.05) is 38.3 Å². The van der Waals surface area contributed by atoms with Crippen molar-refractivity contribution in [3.8, 4) is 0 Å². The van der Waals surface area contributed by atoms with Gasteiger partial charge in [0.25, 0.3) is 0 Å². The number of fused-ring (bicyclic) bond motifs is 3. The number of likely N-dealkylation sites (tertiary alicyclic amines) is 2. The smallest absolute Gasteiger partial charge is 0.320 e. The Kier molecular flexibility index (Phi) is 3.62. The quantitative estimate of drug-likeness (QED) is 0.732. The van der Waals surface area contributed by atoms with Crippen molar-refractivity contribution in [1.82, 2.24) is 29.2 Å². The summed E-state index contributed by atoms with van der Waals surface area (Å²) < 4.78 is 2.20. The van der Waals surface area contributed by atoms with Crippen molar-refractivity contribution in [2.24, 2.45) is 5.92 Å². The van der Waals surface area contributed by atoms with E-state index in [1.165, 1.54) is 0 Å². The van der Waals surface area contributed by atoms with Crippen LogP contribution in [0.1, 0.15) is 37.9 Å². The Labute approximate surface area is 152 Å². The minimum Gasteiger partial charge on any atom is -0.345 e. The summed E-state index contributed by atoms with van der Waals surface area (Å²) in [6.45, 7) is 5.66. The fourth-order valence-corrected chi connectivity index (χ4v) is 4.45. The van der Waals surface area contributed by atoms with Crippen molar-refractivity contribution in [3.63, 3.8) is 0 Å². The summed E-state index contributed by atoms with van der Waals surface area (Å²) in [5, 5.41) is 0. The summed E-state index contributed by atoms with van der Waals surface area (Å²) in [5.41, 5.74) is 2.91. The number of aromatic nitrogens is 4. The molecule has 5 rings (SSSR count). The van der Waals surface area contributed by atoms with Gasteiger partial charge in [0.05, 0.1) is 23.4 Å². The zero-order chi connectivity index (χ0) is 17.7. The average molecular weight is 352 g/mol. The molecule has 136 valence electrons. The fraction of sp³-hybridized carbons (Fsp3) is 0.526. The van der Waals surface area contributed by atoms with Crippen molar-refractivity contribution >= 4 is 22.7 Å². The van der Waals surface area contributed by atoms with Crippen molar-refractivity contribution in [2.75, 3.05) is 26.2 Å².